The predicted octanol–water partition coefficient (Wildman–Crippen LogP) is 7.22. The Hall–Kier alpha value is -3.20. The zero-order valence-electron chi connectivity index (χ0n) is 19.3. The SMILES string of the molecule is CCCC(=O)c1csc(C2CCN(C(=O)Nc3ccccc3-c3ccc(C(F)(F)F)cc3)CC2)n1. The molecule has 0 saturated carbocycles. The highest BCUT2D eigenvalue weighted by Crippen LogP contribution is 2.34. The van der Waals surface area contributed by atoms with Crippen LogP contribution in [-0.4, -0.2) is 34.8 Å². The Morgan fingerprint density at radius 3 is 2.43 bits per heavy atom. The van der Waals surface area contributed by atoms with E-state index in [-0.39, 0.29) is 17.7 Å². The topological polar surface area (TPSA) is 62.3 Å². The van der Waals surface area contributed by atoms with Crippen molar-refractivity contribution >= 4 is 28.8 Å². The summed E-state index contributed by atoms with van der Waals surface area (Å²) in [6.07, 6.45) is -1.60. The van der Waals surface area contributed by atoms with Crippen LogP contribution in [0.15, 0.2) is 53.9 Å². The summed E-state index contributed by atoms with van der Waals surface area (Å²) >= 11 is 1.50. The minimum atomic E-state index is -4.40. The molecule has 1 N–H and O–H groups in total. The highest BCUT2D eigenvalue weighted by atomic mass is 32.1. The van der Waals surface area contributed by atoms with Gasteiger partial charge in [-0.25, -0.2) is 9.78 Å². The fourth-order valence-corrected chi connectivity index (χ4v) is 5.16. The predicted molar refractivity (Wildman–Crippen MR) is 131 cm³/mol. The van der Waals surface area contributed by atoms with E-state index in [4.69, 9.17) is 0 Å². The van der Waals surface area contributed by atoms with Crippen LogP contribution in [0.2, 0.25) is 0 Å². The molecule has 2 amide bonds. The van der Waals surface area contributed by atoms with E-state index in [0.717, 1.165) is 36.4 Å². The van der Waals surface area contributed by atoms with Gasteiger partial charge in [-0.1, -0.05) is 37.3 Å². The monoisotopic (exact) mass is 501 g/mol. The van der Waals surface area contributed by atoms with Crippen LogP contribution in [-0.2, 0) is 6.18 Å². The van der Waals surface area contributed by atoms with E-state index in [1.807, 2.05) is 12.3 Å². The van der Waals surface area contributed by atoms with Gasteiger partial charge in [0.2, 0.25) is 0 Å². The average molecular weight is 502 g/mol. The second-order valence-electron chi connectivity index (χ2n) is 8.56. The number of halogens is 3. The normalized spacial score (nSPS) is 14.7. The third-order valence-electron chi connectivity index (χ3n) is 6.11. The van der Waals surface area contributed by atoms with Crippen molar-refractivity contribution in [1.29, 1.82) is 0 Å². The number of nitrogens with zero attached hydrogens (tertiary/aromatic N) is 2. The van der Waals surface area contributed by atoms with Gasteiger partial charge < -0.3 is 10.2 Å². The van der Waals surface area contributed by atoms with Gasteiger partial charge in [0.25, 0.3) is 0 Å². The van der Waals surface area contributed by atoms with Crippen molar-refractivity contribution in [3.05, 3.63) is 70.2 Å². The number of likely N-dealkylation sites (tertiary alicyclic amines) is 1. The lowest BCUT2D eigenvalue weighted by Gasteiger charge is -2.31. The molecule has 5 nitrogen and oxygen atoms in total. The molecule has 4 rings (SSSR count). The highest BCUT2D eigenvalue weighted by Gasteiger charge is 2.30. The maximum atomic E-state index is 13.0. The number of Topliss-reactive ketones (excluding diaryl/α,β-unsaturated/α-hetero) is 1. The molecule has 3 aromatic rings. The number of carbonyl (C=O) groups is 2. The molecular formula is C26H26F3N3O2S. The number of rotatable bonds is 6. The van der Waals surface area contributed by atoms with Crippen LogP contribution in [0.1, 0.15) is 59.6 Å². The van der Waals surface area contributed by atoms with Crippen LogP contribution in [0.3, 0.4) is 0 Å². The number of hydrogen-bond acceptors (Lipinski definition) is 4. The molecule has 1 aliphatic rings. The number of ketones is 1. The maximum absolute atomic E-state index is 13.0. The smallest absolute Gasteiger partial charge is 0.324 e. The van der Waals surface area contributed by atoms with E-state index in [1.54, 1.807) is 29.2 Å². The van der Waals surface area contributed by atoms with Crippen molar-refractivity contribution in [2.45, 2.75) is 44.7 Å². The Morgan fingerprint density at radius 2 is 1.77 bits per heavy atom. The molecule has 2 heterocycles. The molecule has 184 valence electrons. The summed E-state index contributed by atoms with van der Waals surface area (Å²) in [7, 11) is 0. The molecule has 0 spiro atoms. The minimum absolute atomic E-state index is 0.0681. The maximum Gasteiger partial charge on any atom is 0.416 e. The molecule has 1 fully saturated rings. The van der Waals surface area contributed by atoms with Gasteiger partial charge in [0.05, 0.1) is 16.3 Å². The molecule has 35 heavy (non-hydrogen) atoms. The van der Waals surface area contributed by atoms with Gasteiger partial charge in [-0.3, -0.25) is 4.79 Å². The lowest BCUT2D eigenvalue weighted by molar-refractivity contribution is -0.137. The fraction of sp³-hybridized carbons (Fsp3) is 0.346. The van der Waals surface area contributed by atoms with E-state index in [2.05, 4.69) is 10.3 Å². The Labute approximate surface area is 206 Å². The van der Waals surface area contributed by atoms with Crippen LogP contribution in [0, 0.1) is 0 Å². The summed E-state index contributed by atoms with van der Waals surface area (Å²) in [6.45, 7) is 3.07. The van der Waals surface area contributed by atoms with Crippen LogP contribution in [0.4, 0.5) is 23.7 Å². The quantitative estimate of drug-likeness (QED) is 0.363. The summed E-state index contributed by atoms with van der Waals surface area (Å²) in [5, 5.41) is 5.68. The number of amides is 2. The van der Waals surface area contributed by atoms with Crippen molar-refractivity contribution in [1.82, 2.24) is 9.88 Å². The molecular weight excluding hydrogens is 475 g/mol. The van der Waals surface area contributed by atoms with Crippen LogP contribution < -0.4 is 5.32 Å². The zero-order chi connectivity index (χ0) is 25.0. The molecule has 0 atom stereocenters. The number of para-hydroxylation sites is 1. The Bertz CT molecular complexity index is 1180. The summed E-state index contributed by atoms with van der Waals surface area (Å²) in [5.41, 5.74) is 1.60. The van der Waals surface area contributed by atoms with E-state index in [9.17, 15) is 22.8 Å². The Morgan fingerprint density at radius 1 is 1.09 bits per heavy atom. The van der Waals surface area contributed by atoms with Crippen molar-refractivity contribution < 1.29 is 22.8 Å². The van der Waals surface area contributed by atoms with Gasteiger partial charge in [-0.05, 0) is 43.0 Å². The van der Waals surface area contributed by atoms with Crippen LogP contribution >= 0.6 is 11.3 Å². The first kappa shape index (κ1) is 24.9. The number of nitrogens with one attached hydrogen (secondary N) is 1. The molecule has 1 saturated heterocycles. The molecule has 0 unspecified atom stereocenters. The number of thiazole rings is 1. The van der Waals surface area contributed by atoms with Crippen molar-refractivity contribution in [2.75, 3.05) is 18.4 Å². The largest absolute Gasteiger partial charge is 0.416 e. The number of piperidine rings is 1. The number of aromatic nitrogens is 1. The van der Waals surface area contributed by atoms with Gasteiger partial charge in [-0.15, -0.1) is 11.3 Å². The van der Waals surface area contributed by atoms with Crippen LogP contribution in [0.25, 0.3) is 11.1 Å². The third kappa shape index (κ3) is 5.90. The van der Waals surface area contributed by atoms with Gasteiger partial charge in [0, 0.05) is 36.4 Å². The zero-order valence-corrected chi connectivity index (χ0v) is 20.1. The van der Waals surface area contributed by atoms with Gasteiger partial charge in [0.1, 0.15) is 5.69 Å². The second-order valence-corrected chi connectivity index (χ2v) is 9.45. The summed E-state index contributed by atoms with van der Waals surface area (Å²) in [5.74, 6) is 0.283. The van der Waals surface area contributed by atoms with Crippen molar-refractivity contribution in [3.8, 4) is 11.1 Å². The molecule has 0 aliphatic carbocycles. The number of benzene rings is 2. The molecule has 1 aliphatic heterocycles. The lowest BCUT2D eigenvalue weighted by Crippen LogP contribution is -2.40. The Balaban J connectivity index is 1.39. The van der Waals surface area contributed by atoms with E-state index in [0.29, 0.717) is 42.0 Å². The number of alkyl halides is 3. The van der Waals surface area contributed by atoms with E-state index in [1.165, 1.54) is 23.5 Å². The van der Waals surface area contributed by atoms with Crippen molar-refractivity contribution in [3.63, 3.8) is 0 Å². The van der Waals surface area contributed by atoms with Crippen LogP contribution in [0.5, 0.6) is 0 Å². The third-order valence-corrected chi connectivity index (χ3v) is 7.12. The number of hydrogen-bond donors (Lipinski definition) is 1. The Kier molecular flexibility index (Phi) is 7.54. The molecule has 9 heteroatoms. The second kappa shape index (κ2) is 10.6. The number of carbonyl (C=O) groups excluding carboxylic acids is 2. The number of anilines is 1. The van der Waals surface area contributed by atoms with E-state index < -0.39 is 11.7 Å². The van der Waals surface area contributed by atoms with Gasteiger partial charge in [-0.2, -0.15) is 13.2 Å². The lowest BCUT2D eigenvalue weighted by atomic mass is 9.97. The number of urea groups is 1. The van der Waals surface area contributed by atoms with E-state index >= 15 is 0 Å². The first-order chi connectivity index (χ1) is 16.8. The average Bonchev–Trinajstić information content (AvgIpc) is 3.35. The standard InChI is InChI=1S/C26H26F3N3O2S/c1-2-5-23(33)22-16-35-24(30-22)18-12-14-32(15-13-18)25(34)31-21-7-4-3-6-20(21)17-8-10-19(11-9-17)26(27,28)29/h3-4,6-11,16,18H,2,5,12-15H2,1H3,(H,31,34). The molecule has 1 aromatic heterocycles. The minimum Gasteiger partial charge on any atom is -0.324 e. The molecule has 2 aromatic carbocycles. The summed E-state index contributed by atoms with van der Waals surface area (Å²) in [4.78, 5) is 31.3. The summed E-state index contributed by atoms with van der Waals surface area (Å²) in [6, 6.07) is 11.7. The van der Waals surface area contributed by atoms with Crippen molar-refractivity contribution in [2.24, 2.45) is 0 Å². The summed E-state index contributed by atoms with van der Waals surface area (Å²) < 4.78 is 38.7. The first-order valence-electron chi connectivity index (χ1n) is 11.6. The van der Waals surface area contributed by atoms with Gasteiger partial charge in [0.15, 0.2) is 5.78 Å². The fourth-order valence-electron chi connectivity index (χ4n) is 4.16. The van der Waals surface area contributed by atoms with Gasteiger partial charge >= 0.3 is 12.2 Å². The first-order valence-corrected chi connectivity index (χ1v) is 12.5. The molecule has 0 bridgehead atoms. The highest BCUT2D eigenvalue weighted by molar-refractivity contribution is 7.09. The molecule has 0 radical (unpaired) electrons.